The lowest BCUT2D eigenvalue weighted by Crippen LogP contribution is -2.23. The van der Waals surface area contributed by atoms with Gasteiger partial charge in [-0.05, 0) is 32.2 Å². The summed E-state index contributed by atoms with van der Waals surface area (Å²) in [7, 11) is 0. The van der Waals surface area contributed by atoms with Crippen LogP contribution in [0, 0.1) is 0 Å². The van der Waals surface area contributed by atoms with Crippen molar-refractivity contribution in [2.45, 2.75) is 32.6 Å². The highest BCUT2D eigenvalue weighted by Gasteiger charge is 2.08. The molecule has 0 radical (unpaired) electrons. The van der Waals surface area contributed by atoms with Crippen LogP contribution in [-0.2, 0) is 6.42 Å². The maximum atomic E-state index is 11.7. The highest BCUT2D eigenvalue weighted by atomic mass is 35.5. The molecule has 0 unspecified atom stereocenters. The molecule has 0 saturated carbocycles. The van der Waals surface area contributed by atoms with Gasteiger partial charge in [-0.15, -0.1) is 36.2 Å². The largest absolute Gasteiger partial charge is 0.351 e. The van der Waals surface area contributed by atoms with E-state index in [1.54, 1.807) is 6.20 Å². The molecule has 0 spiro atoms. The van der Waals surface area contributed by atoms with Crippen LogP contribution in [0.3, 0.4) is 0 Å². The minimum atomic E-state index is -0.0168. The molecule has 0 bridgehead atoms. The normalized spacial score (nSPS) is 9.22. The average Bonchev–Trinajstić information content (AvgIpc) is 2.73. The summed E-state index contributed by atoms with van der Waals surface area (Å²) in [5.41, 5.74) is 5.37. The van der Waals surface area contributed by atoms with E-state index in [9.17, 15) is 4.79 Å². The number of nitrogens with two attached hydrogens (primary N) is 1. The summed E-state index contributed by atoms with van der Waals surface area (Å²) in [6.07, 6.45) is 5.55. The topological polar surface area (TPSA) is 68.0 Å². The van der Waals surface area contributed by atoms with Gasteiger partial charge in [-0.1, -0.05) is 6.92 Å². The molecule has 0 aromatic carbocycles. The summed E-state index contributed by atoms with van der Waals surface area (Å²) in [6, 6.07) is 0. The van der Waals surface area contributed by atoms with Crippen molar-refractivity contribution >= 4 is 42.1 Å². The molecule has 1 rings (SSSR count). The van der Waals surface area contributed by atoms with E-state index in [0.717, 1.165) is 30.7 Å². The predicted octanol–water partition coefficient (Wildman–Crippen LogP) is 2.41. The zero-order valence-electron chi connectivity index (χ0n) is 10.5. The number of hydrogen-bond acceptors (Lipinski definition) is 4. The number of hydrogen-bond donors (Lipinski definition) is 2. The van der Waals surface area contributed by atoms with Crippen molar-refractivity contribution in [2.24, 2.45) is 5.73 Å². The molecule has 3 N–H and O–H groups in total. The number of rotatable bonds is 7. The van der Waals surface area contributed by atoms with E-state index in [1.165, 1.54) is 11.3 Å². The maximum Gasteiger partial charge on any atom is 0.263 e. The van der Waals surface area contributed by atoms with Gasteiger partial charge in [-0.2, -0.15) is 0 Å². The number of aryl methyl sites for hydroxylation is 1. The Labute approximate surface area is 125 Å². The minimum Gasteiger partial charge on any atom is -0.351 e. The van der Waals surface area contributed by atoms with E-state index < -0.39 is 0 Å². The first kappa shape index (κ1) is 20.0. The second-order valence-electron chi connectivity index (χ2n) is 3.62. The summed E-state index contributed by atoms with van der Waals surface area (Å²) in [6.45, 7) is 3.47. The van der Waals surface area contributed by atoms with Gasteiger partial charge in [0, 0.05) is 6.54 Å². The van der Waals surface area contributed by atoms with E-state index in [1.807, 2.05) is 0 Å². The van der Waals surface area contributed by atoms with Crippen LogP contribution < -0.4 is 11.1 Å². The van der Waals surface area contributed by atoms with Crippen LogP contribution in [0.4, 0.5) is 0 Å². The Bertz CT molecular complexity index is 334. The van der Waals surface area contributed by atoms with Crippen molar-refractivity contribution in [3.8, 4) is 0 Å². The molecule has 106 valence electrons. The summed E-state index contributed by atoms with van der Waals surface area (Å²) in [4.78, 5) is 16.6. The van der Waals surface area contributed by atoms with E-state index in [-0.39, 0.29) is 30.7 Å². The van der Waals surface area contributed by atoms with E-state index in [4.69, 9.17) is 5.73 Å². The Kier molecular flexibility index (Phi) is 13.0. The monoisotopic (exact) mass is 313 g/mol. The standard InChI is InChI=1S/C11H19N3OS.2ClH/c1-2-5-10-14-8-9(16-10)11(15)13-7-4-3-6-12;;/h8H,2-7,12H2,1H3,(H,13,15);2*1H. The number of carbonyl (C=O) groups is 1. The van der Waals surface area contributed by atoms with Gasteiger partial charge < -0.3 is 11.1 Å². The van der Waals surface area contributed by atoms with E-state index >= 15 is 0 Å². The summed E-state index contributed by atoms with van der Waals surface area (Å²) >= 11 is 1.48. The van der Waals surface area contributed by atoms with Gasteiger partial charge in [-0.25, -0.2) is 4.98 Å². The fourth-order valence-electron chi connectivity index (χ4n) is 1.30. The molecule has 0 aliphatic heterocycles. The van der Waals surface area contributed by atoms with Gasteiger partial charge in [0.1, 0.15) is 4.88 Å². The Morgan fingerprint density at radius 3 is 2.78 bits per heavy atom. The molecule has 4 nitrogen and oxygen atoms in total. The Morgan fingerprint density at radius 1 is 1.44 bits per heavy atom. The Hall–Kier alpha value is -0.360. The van der Waals surface area contributed by atoms with Crippen LogP contribution in [0.15, 0.2) is 6.20 Å². The van der Waals surface area contributed by atoms with Crippen molar-refractivity contribution in [2.75, 3.05) is 13.1 Å². The van der Waals surface area contributed by atoms with E-state index in [2.05, 4.69) is 17.2 Å². The maximum absolute atomic E-state index is 11.7. The summed E-state index contributed by atoms with van der Waals surface area (Å²) in [5.74, 6) is -0.0168. The molecule has 18 heavy (non-hydrogen) atoms. The van der Waals surface area contributed by atoms with Crippen LogP contribution >= 0.6 is 36.2 Å². The molecule has 1 aromatic rings. The predicted molar refractivity (Wildman–Crippen MR) is 81.2 cm³/mol. The first-order chi connectivity index (χ1) is 7.77. The quantitative estimate of drug-likeness (QED) is 0.760. The first-order valence-corrected chi connectivity index (χ1v) is 6.52. The summed E-state index contributed by atoms with van der Waals surface area (Å²) < 4.78 is 0. The third-order valence-corrected chi connectivity index (χ3v) is 3.21. The van der Waals surface area contributed by atoms with Gasteiger partial charge in [0.25, 0.3) is 5.91 Å². The molecule has 0 aliphatic carbocycles. The molecule has 7 heteroatoms. The number of nitrogens with one attached hydrogen (secondary N) is 1. The number of halogens is 2. The zero-order valence-corrected chi connectivity index (χ0v) is 12.9. The Morgan fingerprint density at radius 2 is 2.17 bits per heavy atom. The number of amides is 1. The number of aromatic nitrogens is 1. The fourth-order valence-corrected chi connectivity index (χ4v) is 2.24. The van der Waals surface area contributed by atoms with Gasteiger partial charge in [-0.3, -0.25) is 4.79 Å². The van der Waals surface area contributed by atoms with Gasteiger partial charge in [0.15, 0.2) is 0 Å². The molecule has 0 aliphatic rings. The van der Waals surface area contributed by atoms with Crippen molar-refractivity contribution in [1.82, 2.24) is 10.3 Å². The lowest BCUT2D eigenvalue weighted by atomic mass is 10.3. The van der Waals surface area contributed by atoms with Crippen LogP contribution in [0.5, 0.6) is 0 Å². The zero-order chi connectivity index (χ0) is 11.8. The molecular weight excluding hydrogens is 293 g/mol. The molecule has 0 atom stereocenters. The van der Waals surface area contributed by atoms with Gasteiger partial charge in [0.05, 0.1) is 11.2 Å². The third-order valence-electron chi connectivity index (χ3n) is 2.16. The fraction of sp³-hybridized carbons (Fsp3) is 0.636. The molecule has 0 fully saturated rings. The lowest BCUT2D eigenvalue weighted by molar-refractivity contribution is 0.0957. The molecule has 1 amide bonds. The molecule has 1 aromatic heterocycles. The summed E-state index contributed by atoms with van der Waals surface area (Å²) in [5, 5.41) is 3.90. The SMILES string of the molecule is CCCc1ncc(C(=O)NCCCCN)s1.Cl.Cl. The van der Waals surface area contributed by atoms with Crippen LogP contribution in [0.2, 0.25) is 0 Å². The number of unbranched alkanes of at least 4 members (excludes halogenated alkanes) is 1. The molecule has 1 heterocycles. The number of thiazole rings is 1. The van der Waals surface area contributed by atoms with Crippen molar-refractivity contribution in [1.29, 1.82) is 0 Å². The van der Waals surface area contributed by atoms with Crippen LogP contribution in [-0.4, -0.2) is 24.0 Å². The minimum absolute atomic E-state index is 0. The van der Waals surface area contributed by atoms with Gasteiger partial charge in [0.2, 0.25) is 0 Å². The second-order valence-corrected chi connectivity index (χ2v) is 4.74. The lowest BCUT2D eigenvalue weighted by Gasteiger charge is -2.01. The van der Waals surface area contributed by atoms with Gasteiger partial charge >= 0.3 is 0 Å². The number of carbonyl (C=O) groups excluding carboxylic acids is 1. The smallest absolute Gasteiger partial charge is 0.263 e. The van der Waals surface area contributed by atoms with Crippen molar-refractivity contribution < 1.29 is 4.79 Å². The Balaban J connectivity index is 0. The van der Waals surface area contributed by atoms with Crippen LogP contribution in [0.25, 0.3) is 0 Å². The third kappa shape index (κ3) is 7.16. The second kappa shape index (κ2) is 11.7. The highest BCUT2D eigenvalue weighted by Crippen LogP contribution is 2.14. The van der Waals surface area contributed by atoms with Crippen molar-refractivity contribution in [3.05, 3.63) is 16.1 Å². The molecular formula is C11H21Cl2N3OS. The molecule has 0 saturated heterocycles. The van der Waals surface area contributed by atoms with E-state index in [0.29, 0.717) is 18.0 Å². The van der Waals surface area contributed by atoms with Crippen LogP contribution in [0.1, 0.15) is 40.9 Å². The average molecular weight is 314 g/mol. The first-order valence-electron chi connectivity index (χ1n) is 5.71. The highest BCUT2D eigenvalue weighted by molar-refractivity contribution is 7.13. The van der Waals surface area contributed by atoms with Crippen molar-refractivity contribution in [3.63, 3.8) is 0 Å². The number of nitrogens with zero attached hydrogens (tertiary/aromatic N) is 1.